The molecule has 0 aliphatic rings. The molecule has 0 aliphatic carbocycles. The van der Waals surface area contributed by atoms with Crippen LogP contribution in [0, 0.1) is 5.92 Å². The molecule has 2 unspecified atom stereocenters. The topological polar surface area (TPSA) is 136 Å². The Labute approximate surface area is 207 Å². The van der Waals surface area contributed by atoms with E-state index in [1.165, 1.54) is 4.90 Å². The summed E-state index contributed by atoms with van der Waals surface area (Å²) in [5.74, 6) is -0.923. The molecule has 0 aliphatic heterocycles. The van der Waals surface area contributed by atoms with E-state index in [1.807, 2.05) is 37.3 Å². The number of rotatable bonds is 14. The standard InChI is InChI=1S/C25H35N3O6S/c1-19(13-14-26-25(31)32)16-24(30)28(15-7-10-21-8-4-3-5-9-21)18-35(33,34)27-23-12-6-11-22(17-23)20(2)29/h3-6,8-9,11-12,17,19-20,26-27,29H,7,10,13-16,18H2,1-2H3,(H,31,32). The van der Waals surface area contributed by atoms with Crippen LogP contribution < -0.4 is 10.0 Å². The second-order valence-corrected chi connectivity index (χ2v) is 10.4. The summed E-state index contributed by atoms with van der Waals surface area (Å²) in [6.07, 6.45) is 0.00681. The fourth-order valence-electron chi connectivity index (χ4n) is 3.61. The highest BCUT2D eigenvalue weighted by atomic mass is 32.2. The third-order valence-electron chi connectivity index (χ3n) is 5.49. The molecule has 0 bridgehead atoms. The second kappa shape index (κ2) is 13.7. The number of carbonyl (C=O) groups is 2. The molecule has 2 aromatic rings. The highest BCUT2D eigenvalue weighted by Crippen LogP contribution is 2.19. The van der Waals surface area contributed by atoms with E-state index >= 15 is 0 Å². The number of aryl methyl sites for hydroxylation is 1. The van der Waals surface area contributed by atoms with E-state index in [0.717, 1.165) is 5.56 Å². The van der Waals surface area contributed by atoms with E-state index in [2.05, 4.69) is 10.0 Å². The van der Waals surface area contributed by atoms with E-state index < -0.39 is 28.1 Å². The highest BCUT2D eigenvalue weighted by molar-refractivity contribution is 7.92. The van der Waals surface area contributed by atoms with Gasteiger partial charge in [-0.15, -0.1) is 0 Å². The van der Waals surface area contributed by atoms with E-state index in [9.17, 15) is 23.1 Å². The number of aliphatic hydroxyl groups excluding tert-OH is 1. The number of carboxylic acid groups (broad SMARTS) is 1. The lowest BCUT2D eigenvalue weighted by Crippen LogP contribution is -2.39. The van der Waals surface area contributed by atoms with Gasteiger partial charge in [0.05, 0.1) is 6.10 Å². The number of hydrogen-bond acceptors (Lipinski definition) is 5. The Morgan fingerprint density at radius 2 is 1.77 bits per heavy atom. The Morgan fingerprint density at radius 3 is 2.43 bits per heavy atom. The maximum absolute atomic E-state index is 13.0. The summed E-state index contributed by atoms with van der Waals surface area (Å²) in [5, 5.41) is 20.8. The van der Waals surface area contributed by atoms with Gasteiger partial charge in [-0.1, -0.05) is 49.4 Å². The van der Waals surface area contributed by atoms with Gasteiger partial charge in [-0.05, 0) is 55.4 Å². The molecule has 0 aromatic heterocycles. The highest BCUT2D eigenvalue weighted by Gasteiger charge is 2.23. The minimum Gasteiger partial charge on any atom is -0.465 e. The lowest BCUT2D eigenvalue weighted by Gasteiger charge is -2.25. The average molecular weight is 506 g/mol. The summed E-state index contributed by atoms with van der Waals surface area (Å²) in [4.78, 5) is 25.0. The molecule has 2 aromatic carbocycles. The monoisotopic (exact) mass is 505 g/mol. The van der Waals surface area contributed by atoms with Crippen molar-refractivity contribution >= 4 is 27.7 Å². The lowest BCUT2D eigenvalue weighted by molar-refractivity contribution is -0.131. The number of nitrogens with zero attached hydrogens (tertiary/aromatic N) is 1. The lowest BCUT2D eigenvalue weighted by atomic mass is 10.0. The van der Waals surface area contributed by atoms with Crippen molar-refractivity contribution in [3.05, 3.63) is 65.7 Å². The van der Waals surface area contributed by atoms with E-state index in [4.69, 9.17) is 5.11 Å². The first-order valence-corrected chi connectivity index (χ1v) is 13.3. The van der Waals surface area contributed by atoms with Crippen molar-refractivity contribution in [3.8, 4) is 0 Å². The quantitative estimate of drug-likeness (QED) is 0.310. The van der Waals surface area contributed by atoms with Gasteiger partial charge in [-0.25, -0.2) is 13.2 Å². The molecule has 2 rings (SSSR count). The van der Waals surface area contributed by atoms with Gasteiger partial charge in [0.15, 0.2) is 0 Å². The first-order valence-electron chi connectivity index (χ1n) is 11.6. The molecular formula is C25H35N3O6S. The first kappa shape index (κ1) is 28.1. The van der Waals surface area contributed by atoms with Crippen LogP contribution >= 0.6 is 0 Å². The minimum atomic E-state index is -3.90. The van der Waals surface area contributed by atoms with Gasteiger partial charge in [0.25, 0.3) is 10.0 Å². The van der Waals surface area contributed by atoms with Crippen molar-refractivity contribution in [2.75, 3.05) is 23.7 Å². The number of sulfonamides is 1. The molecule has 2 atom stereocenters. The maximum atomic E-state index is 13.0. The van der Waals surface area contributed by atoms with Crippen molar-refractivity contribution in [2.24, 2.45) is 5.92 Å². The van der Waals surface area contributed by atoms with Gasteiger partial charge in [-0.3, -0.25) is 9.52 Å². The zero-order valence-corrected chi connectivity index (χ0v) is 21.0. The molecule has 0 spiro atoms. The number of anilines is 1. The predicted molar refractivity (Wildman–Crippen MR) is 135 cm³/mol. The second-order valence-electron chi connectivity index (χ2n) is 8.72. The zero-order valence-electron chi connectivity index (χ0n) is 20.2. The summed E-state index contributed by atoms with van der Waals surface area (Å²) in [6.45, 7) is 3.91. The molecule has 35 heavy (non-hydrogen) atoms. The first-order chi connectivity index (χ1) is 16.6. The molecule has 2 amide bonds. The SMILES string of the molecule is CC(CCNC(=O)O)CC(=O)N(CCCc1ccccc1)CS(=O)(=O)Nc1cccc(C(C)O)c1. The maximum Gasteiger partial charge on any atom is 0.404 e. The molecule has 10 heteroatoms. The Bertz CT molecular complexity index is 1060. The van der Waals surface area contributed by atoms with Crippen LogP contribution in [-0.4, -0.2) is 54.5 Å². The van der Waals surface area contributed by atoms with Crippen molar-refractivity contribution in [1.29, 1.82) is 0 Å². The van der Waals surface area contributed by atoms with Gasteiger partial charge in [0, 0.05) is 25.2 Å². The number of benzene rings is 2. The van der Waals surface area contributed by atoms with Crippen LogP contribution in [0.4, 0.5) is 10.5 Å². The Morgan fingerprint density at radius 1 is 1.06 bits per heavy atom. The van der Waals surface area contributed by atoms with Crippen molar-refractivity contribution < 1.29 is 28.2 Å². The van der Waals surface area contributed by atoms with Crippen LogP contribution in [0.5, 0.6) is 0 Å². The Hall–Kier alpha value is -3.11. The molecule has 0 radical (unpaired) electrons. The van der Waals surface area contributed by atoms with Crippen LogP contribution in [0.3, 0.4) is 0 Å². The summed E-state index contributed by atoms with van der Waals surface area (Å²) in [6, 6.07) is 16.2. The van der Waals surface area contributed by atoms with Gasteiger partial charge in [0.2, 0.25) is 5.91 Å². The van der Waals surface area contributed by atoms with Gasteiger partial charge in [-0.2, -0.15) is 0 Å². The van der Waals surface area contributed by atoms with Crippen molar-refractivity contribution in [2.45, 2.75) is 45.6 Å². The van der Waals surface area contributed by atoms with Crippen LogP contribution in [0.1, 0.15) is 50.3 Å². The average Bonchev–Trinajstić information content (AvgIpc) is 2.78. The number of aliphatic hydroxyl groups is 1. The number of amides is 2. The smallest absolute Gasteiger partial charge is 0.404 e. The molecule has 0 saturated heterocycles. The Balaban J connectivity index is 2.06. The number of carbonyl (C=O) groups excluding carboxylic acids is 1. The molecule has 0 fully saturated rings. The zero-order chi connectivity index (χ0) is 25.8. The summed E-state index contributed by atoms with van der Waals surface area (Å²) in [7, 11) is -3.90. The fourth-order valence-corrected chi connectivity index (χ4v) is 4.85. The van der Waals surface area contributed by atoms with Crippen LogP contribution in [0.2, 0.25) is 0 Å². The summed E-state index contributed by atoms with van der Waals surface area (Å²) in [5.41, 5.74) is 1.99. The third-order valence-corrected chi connectivity index (χ3v) is 6.69. The van der Waals surface area contributed by atoms with E-state index in [1.54, 1.807) is 31.2 Å². The fraction of sp³-hybridized carbons (Fsp3) is 0.440. The normalized spacial score (nSPS) is 13.0. The van der Waals surface area contributed by atoms with Gasteiger partial charge < -0.3 is 20.4 Å². The number of nitrogens with one attached hydrogen (secondary N) is 2. The van der Waals surface area contributed by atoms with Gasteiger partial charge in [0.1, 0.15) is 5.88 Å². The third kappa shape index (κ3) is 10.8. The molecular weight excluding hydrogens is 470 g/mol. The molecule has 9 nitrogen and oxygen atoms in total. The van der Waals surface area contributed by atoms with Crippen LogP contribution in [-0.2, 0) is 21.2 Å². The largest absolute Gasteiger partial charge is 0.465 e. The number of hydrogen-bond donors (Lipinski definition) is 4. The van der Waals surface area contributed by atoms with Crippen molar-refractivity contribution in [3.63, 3.8) is 0 Å². The minimum absolute atomic E-state index is 0.111. The van der Waals surface area contributed by atoms with E-state index in [0.29, 0.717) is 30.5 Å². The van der Waals surface area contributed by atoms with Crippen molar-refractivity contribution in [1.82, 2.24) is 10.2 Å². The van der Waals surface area contributed by atoms with Gasteiger partial charge >= 0.3 is 6.09 Å². The predicted octanol–water partition coefficient (Wildman–Crippen LogP) is 3.58. The molecule has 0 heterocycles. The molecule has 4 N–H and O–H groups in total. The Kier molecular flexibility index (Phi) is 11.0. The van der Waals surface area contributed by atoms with E-state index in [-0.39, 0.29) is 31.3 Å². The molecule has 192 valence electrons. The van der Waals surface area contributed by atoms with Crippen LogP contribution in [0.15, 0.2) is 54.6 Å². The summed E-state index contributed by atoms with van der Waals surface area (Å²) < 4.78 is 28.3. The summed E-state index contributed by atoms with van der Waals surface area (Å²) >= 11 is 0. The molecule has 0 saturated carbocycles. The van der Waals surface area contributed by atoms with Crippen LogP contribution in [0.25, 0.3) is 0 Å².